The van der Waals surface area contributed by atoms with Gasteiger partial charge >= 0.3 is 0 Å². The Morgan fingerprint density at radius 1 is 1.50 bits per heavy atom. The van der Waals surface area contributed by atoms with Crippen molar-refractivity contribution in [2.75, 3.05) is 11.9 Å². The Hall–Kier alpha value is -1.42. The first-order valence-corrected chi connectivity index (χ1v) is 5.23. The van der Waals surface area contributed by atoms with Gasteiger partial charge in [0.2, 0.25) is 5.91 Å². The third kappa shape index (κ3) is 3.31. The van der Waals surface area contributed by atoms with Crippen molar-refractivity contribution in [2.45, 2.75) is 20.3 Å². The minimum Gasteiger partial charge on any atom is -0.330 e. The smallest absolute Gasteiger partial charge is 0.230 e. The van der Waals surface area contributed by atoms with E-state index in [1.165, 1.54) is 12.1 Å². The van der Waals surface area contributed by atoms with E-state index in [9.17, 15) is 9.18 Å². The highest BCUT2D eigenvalue weighted by Gasteiger charge is 2.26. The molecule has 0 saturated heterocycles. The van der Waals surface area contributed by atoms with Crippen molar-refractivity contribution < 1.29 is 9.18 Å². The van der Waals surface area contributed by atoms with Crippen molar-refractivity contribution in [1.82, 2.24) is 0 Å². The number of rotatable bonds is 4. The van der Waals surface area contributed by atoms with Gasteiger partial charge in [-0.15, -0.1) is 0 Å². The van der Waals surface area contributed by atoms with Crippen LogP contribution in [0.4, 0.5) is 10.1 Å². The van der Waals surface area contributed by atoms with Crippen molar-refractivity contribution in [3.8, 4) is 0 Å². The molecule has 0 fully saturated rings. The van der Waals surface area contributed by atoms with E-state index in [0.717, 1.165) is 0 Å². The van der Waals surface area contributed by atoms with Crippen LogP contribution in [0.1, 0.15) is 20.3 Å². The molecule has 1 rings (SSSR count). The van der Waals surface area contributed by atoms with Crippen molar-refractivity contribution in [3.63, 3.8) is 0 Å². The zero-order chi connectivity index (χ0) is 12.2. The molecule has 3 N–H and O–H groups in total. The summed E-state index contributed by atoms with van der Waals surface area (Å²) in [6, 6.07) is 5.83. The summed E-state index contributed by atoms with van der Waals surface area (Å²) in [5.41, 5.74) is 5.36. The topological polar surface area (TPSA) is 55.1 Å². The molecule has 3 nitrogen and oxygen atoms in total. The molecule has 4 heteroatoms. The number of nitrogens with two attached hydrogens (primary N) is 1. The van der Waals surface area contributed by atoms with E-state index in [4.69, 9.17) is 5.73 Å². The van der Waals surface area contributed by atoms with Crippen LogP contribution in [0.25, 0.3) is 0 Å². The van der Waals surface area contributed by atoms with Gasteiger partial charge in [0.1, 0.15) is 5.82 Å². The van der Waals surface area contributed by atoms with Crippen LogP contribution in [-0.4, -0.2) is 12.5 Å². The summed E-state index contributed by atoms with van der Waals surface area (Å²) in [6.45, 7) is 4.08. The molecule has 16 heavy (non-hydrogen) atoms. The first-order valence-electron chi connectivity index (χ1n) is 5.23. The van der Waals surface area contributed by atoms with Gasteiger partial charge in [-0.2, -0.15) is 0 Å². The predicted octanol–water partition coefficient (Wildman–Crippen LogP) is 2.14. The molecule has 0 bridgehead atoms. The lowest BCUT2D eigenvalue weighted by Gasteiger charge is -2.22. The maximum Gasteiger partial charge on any atom is 0.230 e. The van der Waals surface area contributed by atoms with Gasteiger partial charge < -0.3 is 11.1 Å². The van der Waals surface area contributed by atoms with Crippen LogP contribution in [0, 0.1) is 11.2 Å². The molecule has 88 valence electrons. The molecule has 0 aromatic heterocycles. The molecule has 0 heterocycles. The van der Waals surface area contributed by atoms with Gasteiger partial charge in [0.25, 0.3) is 0 Å². The van der Waals surface area contributed by atoms with Crippen LogP contribution in [0.5, 0.6) is 0 Å². The maximum atomic E-state index is 12.9. The minimum atomic E-state index is -0.541. The van der Waals surface area contributed by atoms with E-state index in [-0.39, 0.29) is 11.7 Å². The molecule has 0 unspecified atom stereocenters. The molecule has 0 aliphatic carbocycles. The SMILES string of the molecule is CC(C)(CCN)C(=O)Nc1cccc(F)c1. The number of carbonyl (C=O) groups is 1. The normalized spacial score (nSPS) is 11.2. The number of carbonyl (C=O) groups excluding carboxylic acids is 1. The molecule has 0 spiro atoms. The highest BCUT2D eigenvalue weighted by Crippen LogP contribution is 2.22. The van der Waals surface area contributed by atoms with E-state index >= 15 is 0 Å². The van der Waals surface area contributed by atoms with Crippen molar-refractivity contribution in [3.05, 3.63) is 30.1 Å². The van der Waals surface area contributed by atoms with Gasteiger partial charge in [0.15, 0.2) is 0 Å². The van der Waals surface area contributed by atoms with E-state index < -0.39 is 5.41 Å². The monoisotopic (exact) mass is 224 g/mol. The summed E-state index contributed by atoms with van der Waals surface area (Å²) in [5, 5.41) is 2.67. The standard InChI is InChI=1S/C12H17FN2O/c1-12(2,6-7-14)11(16)15-10-5-3-4-9(13)8-10/h3-5,8H,6-7,14H2,1-2H3,(H,15,16). The van der Waals surface area contributed by atoms with Crippen LogP contribution < -0.4 is 11.1 Å². The lowest BCUT2D eigenvalue weighted by atomic mass is 9.88. The Bertz CT molecular complexity index is 377. The van der Waals surface area contributed by atoms with Crippen LogP contribution >= 0.6 is 0 Å². The number of hydrogen-bond acceptors (Lipinski definition) is 2. The molecular weight excluding hydrogens is 207 g/mol. The molecule has 1 aromatic rings. The van der Waals surface area contributed by atoms with E-state index in [1.807, 2.05) is 13.8 Å². The van der Waals surface area contributed by atoms with Crippen LogP contribution in [0.15, 0.2) is 24.3 Å². The van der Waals surface area contributed by atoms with Crippen molar-refractivity contribution >= 4 is 11.6 Å². The van der Waals surface area contributed by atoms with Gasteiger partial charge in [-0.1, -0.05) is 19.9 Å². The number of amides is 1. The zero-order valence-corrected chi connectivity index (χ0v) is 9.59. The lowest BCUT2D eigenvalue weighted by Crippen LogP contribution is -2.32. The fraction of sp³-hybridized carbons (Fsp3) is 0.417. The van der Waals surface area contributed by atoms with Crippen LogP contribution in [-0.2, 0) is 4.79 Å². The second-order valence-corrected chi connectivity index (χ2v) is 4.39. The van der Waals surface area contributed by atoms with E-state index in [2.05, 4.69) is 5.32 Å². The van der Waals surface area contributed by atoms with E-state index in [0.29, 0.717) is 18.7 Å². The van der Waals surface area contributed by atoms with Crippen molar-refractivity contribution in [1.29, 1.82) is 0 Å². The van der Waals surface area contributed by atoms with Gasteiger partial charge in [-0.3, -0.25) is 4.79 Å². The fourth-order valence-electron chi connectivity index (χ4n) is 1.34. The maximum absolute atomic E-state index is 12.9. The Kier molecular flexibility index (Phi) is 4.01. The summed E-state index contributed by atoms with van der Waals surface area (Å²) < 4.78 is 12.9. The molecule has 1 amide bonds. The molecule has 0 atom stereocenters. The second kappa shape index (κ2) is 5.07. The highest BCUT2D eigenvalue weighted by molar-refractivity contribution is 5.94. The summed E-state index contributed by atoms with van der Waals surface area (Å²) in [7, 11) is 0. The first kappa shape index (κ1) is 12.6. The average molecular weight is 224 g/mol. The average Bonchev–Trinajstić information content (AvgIpc) is 2.17. The van der Waals surface area contributed by atoms with E-state index in [1.54, 1.807) is 12.1 Å². The summed E-state index contributed by atoms with van der Waals surface area (Å²) >= 11 is 0. The molecule has 0 aliphatic rings. The Morgan fingerprint density at radius 3 is 2.75 bits per heavy atom. The highest BCUT2D eigenvalue weighted by atomic mass is 19.1. The second-order valence-electron chi connectivity index (χ2n) is 4.39. The summed E-state index contributed by atoms with van der Waals surface area (Å²) in [4.78, 5) is 11.8. The fourth-order valence-corrected chi connectivity index (χ4v) is 1.34. The van der Waals surface area contributed by atoms with Crippen LogP contribution in [0.2, 0.25) is 0 Å². The summed E-state index contributed by atoms with van der Waals surface area (Å²) in [5.74, 6) is -0.516. The Balaban J connectivity index is 2.71. The molecular formula is C12H17FN2O. The number of hydrogen-bond donors (Lipinski definition) is 2. The Morgan fingerprint density at radius 2 is 2.19 bits per heavy atom. The summed E-state index contributed by atoms with van der Waals surface area (Å²) in [6.07, 6.45) is 0.591. The molecule has 1 aromatic carbocycles. The molecule has 0 saturated carbocycles. The van der Waals surface area contributed by atoms with Gasteiger partial charge in [0, 0.05) is 11.1 Å². The van der Waals surface area contributed by atoms with Crippen LogP contribution in [0.3, 0.4) is 0 Å². The quantitative estimate of drug-likeness (QED) is 0.823. The molecule has 0 radical (unpaired) electrons. The number of anilines is 1. The first-order chi connectivity index (χ1) is 7.45. The number of halogens is 1. The lowest BCUT2D eigenvalue weighted by molar-refractivity contribution is -0.124. The number of benzene rings is 1. The van der Waals surface area contributed by atoms with Crippen molar-refractivity contribution in [2.24, 2.45) is 11.1 Å². The molecule has 0 aliphatic heterocycles. The zero-order valence-electron chi connectivity index (χ0n) is 9.59. The third-order valence-electron chi connectivity index (χ3n) is 2.47. The third-order valence-corrected chi connectivity index (χ3v) is 2.47. The largest absolute Gasteiger partial charge is 0.330 e. The Labute approximate surface area is 94.8 Å². The van der Waals surface area contributed by atoms with Gasteiger partial charge in [-0.25, -0.2) is 4.39 Å². The number of nitrogens with one attached hydrogen (secondary N) is 1. The van der Waals surface area contributed by atoms with Gasteiger partial charge in [0.05, 0.1) is 0 Å². The minimum absolute atomic E-state index is 0.149. The van der Waals surface area contributed by atoms with Gasteiger partial charge in [-0.05, 0) is 31.2 Å². The predicted molar refractivity (Wildman–Crippen MR) is 62.5 cm³/mol.